The quantitative estimate of drug-likeness (QED) is 0.434. The molecule has 0 spiro atoms. The Morgan fingerprint density at radius 2 is 1.80 bits per heavy atom. The van der Waals surface area contributed by atoms with Gasteiger partial charge in [-0.15, -0.1) is 0 Å². The molecular formula is C12H18OSSi. The van der Waals surface area contributed by atoms with Crippen LogP contribution in [0.25, 0.3) is 0 Å². The number of benzene rings is 1. The highest BCUT2D eigenvalue weighted by atomic mass is 32.2. The van der Waals surface area contributed by atoms with Gasteiger partial charge in [-0.05, 0) is 44.8 Å². The third kappa shape index (κ3) is 5.09. The summed E-state index contributed by atoms with van der Waals surface area (Å²) in [7, 11) is -1.48. The maximum absolute atomic E-state index is 5.95. The van der Waals surface area contributed by atoms with E-state index in [0.717, 1.165) is 5.09 Å². The summed E-state index contributed by atoms with van der Waals surface area (Å²) in [4.78, 5) is 1.23. The smallest absolute Gasteiger partial charge is 0.242 e. The first-order chi connectivity index (χ1) is 7.01. The van der Waals surface area contributed by atoms with Crippen LogP contribution < -0.4 is 0 Å². The normalized spacial score (nSPS) is 12.7. The molecule has 1 aromatic rings. The molecule has 0 N–H and O–H groups in total. The molecule has 0 aromatic heterocycles. The van der Waals surface area contributed by atoms with Crippen molar-refractivity contribution in [2.45, 2.75) is 31.5 Å². The Balaban J connectivity index is 2.64. The molecule has 0 aliphatic heterocycles. The Labute approximate surface area is 97.7 Å². The average molecular weight is 238 g/mol. The first kappa shape index (κ1) is 12.4. The third-order valence-electron chi connectivity index (χ3n) is 1.60. The van der Waals surface area contributed by atoms with Gasteiger partial charge in [0.2, 0.25) is 8.32 Å². The highest BCUT2D eigenvalue weighted by Gasteiger charge is 2.17. The van der Waals surface area contributed by atoms with Gasteiger partial charge in [-0.25, -0.2) is 0 Å². The Morgan fingerprint density at radius 1 is 1.20 bits per heavy atom. The van der Waals surface area contributed by atoms with Crippen molar-refractivity contribution in [2.75, 3.05) is 0 Å². The van der Waals surface area contributed by atoms with Crippen molar-refractivity contribution in [3.8, 4) is 0 Å². The van der Waals surface area contributed by atoms with E-state index in [1.165, 1.54) is 4.90 Å². The van der Waals surface area contributed by atoms with Gasteiger partial charge < -0.3 is 4.43 Å². The van der Waals surface area contributed by atoms with E-state index in [1.54, 1.807) is 11.8 Å². The van der Waals surface area contributed by atoms with Gasteiger partial charge in [0.05, 0.1) is 0 Å². The fourth-order valence-corrected chi connectivity index (χ4v) is 3.33. The van der Waals surface area contributed by atoms with E-state index in [9.17, 15) is 0 Å². The lowest BCUT2D eigenvalue weighted by molar-refractivity contribution is 0.463. The predicted octanol–water partition coefficient (Wildman–Crippen LogP) is 4.49. The average Bonchev–Trinajstić information content (AvgIpc) is 2.16. The fourth-order valence-electron chi connectivity index (χ4n) is 1.05. The lowest BCUT2D eigenvalue weighted by atomic mass is 10.4. The molecule has 82 valence electrons. The fraction of sp³-hybridized carbons (Fsp3) is 0.333. The lowest BCUT2D eigenvalue weighted by Crippen LogP contribution is -2.24. The van der Waals surface area contributed by atoms with Gasteiger partial charge >= 0.3 is 0 Å². The molecule has 1 aromatic carbocycles. The van der Waals surface area contributed by atoms with E-state index in [1.807, 2.05) is 31.2 Å². The molecule has 0 unspecified atom stereocenters. The van der Waals surface area contributed by atoms with Crippen LogP contribution in [0, 0.1) is 0 Å². The van der Waals surface area contributed by atoms with Crippen molar-refractivity contribution in [3.63, 3.8) is 0 Å². The second-order valence-corrected chi connectivity index (χ2v) is 9.74. The second kappa shape index (κ2) is 5.42. The van der Waals surface area contributed by atoms with Crippen molar-refractivity contribution in [3.05, 3.63) is 41.5 Å². The Morgan fingerprint density at radius 3 is 2.27 bits per heavy atom. The van der Waals surface area contributed by atoms with E-state index >= 15 is 0 Å². The molecule has 0 heterocycles. The molecule has 0 aliphatic carbocycles. The number of thioether (sulfide) groups is 1. The first-order valence-corrected chi connectivity index (χ1v) is 9.32. The highest BCUT2D eigenvalue weighted by Crippen LogP contribution is 2.29. The Hall–Kier alpha value is -0.673. The summed E-state index contributed by atoms with van der Waals surface area (Å²) in [5.41, 5.74) is 0. The first-order valence-electron chi connectivity index (χ1n) is 5.09. The zero-order chi connectivity index (χ0) is 11.3. The number of hydrogen-bond acceptors (Lipinski definition) is 2. The summed E-state index contributed by atoms with van der Waals surface area (Å²) in [6, 6.07) is 10.3. The van der Waals surface area contributed by atoms with E-state index in [2.05, 4.69) is 31.8 Å². The minimum Gasteiger partial charge on any atom is -0.540 e. The summed E-state index contributed by atoms with van der Waals surface area (Å²) >= 11 is 1.69. The van der Waals surface area contributed by atoms with E-state index in [4.69, 9.17) is 4.43 Å². The highest BCUT2D eigenvalue weighted by molar-refractivity contribution is 8.03. The molecule has 1 nitrogen and oxygen atoms in total. The van der Waals surface area contributed by atoms with Crippen LogP contribution in [0.5, 0.6) is 0 Å². The zero-order valence-electron chi connectivity index (χ0n) is 9.78. The maximum Gasteiger partial charge on any atom is 0.242 e. The van der Waals surface area contributed by atoms with E-state index < -0.39 is 8.32 Å². The van der Waals surface area contributed by atoms with Crippen LogP contribution in [0.2, 0.25) is 19.6 Å². The van der Waals surface area contributed by atoms with Gasteiger partial charge in [0.1, 0.15) is 5.09 Å². The molecule has 0 bridgehead atoms. The molecule has 1 rings (SSSR count). The molecule has 15 heavy (non-hydrogen) atoms. The van der Waals surface area contributed by atoms with Crippen LogP contribution in [0.4, 0.5) is 0 Å². The molecule has 3 heteroatoms. The van der Waals surface area contributed by atoms with Gasteiger partial charge in [-0.2, -0.15) is 0 Å². The van der Waals surface area contributed by atoms with E-state index in [0.29, 0.717) is 0 Å². The summed E-state index contributed by atoms with van der Waals surface area (Å²) in [6.07, 6.45) is 2.04. The van der Waals surface area contributed by atoms with Gasteiger partial charge in [-0.1, -0.05) is 30.0 Å². The molecule has 0 radical (unpaired) electrons. The van der Waals surface area contributed by atoms with Crippen molar-refractivity contribution < 1.29 is 4.43 Å². The van der Waals surface area contributed by atoms with Crippen LogP contribution in [-0.2, 0) is 4.43 Å². The molecule has 0 saturated carbocycles. The van der Waals surface area contributed by atoms with Crippen molar-refractivity contribution in [1.82, 2.24) is 0 Å². The minimum absolute atomic E-state index is 1.01. The van der Waals surface area contributed by atoms with Gasteiger partial charge in [-0.3, -0.25) is 0 Å². The van der Waals surface area contributed by atoms with Crippen LogP contribution in [0.15, 0.2) is 46.4 Å². The minimum atomic E-state index is -1.48. The van der Waals surface area contributed by atoms with Gasteiger partial charge in [0.15, 0.2) is 0 Å². The van der Waals surface area contributed by atoms with Crippen LogP contribution in [0.1, 0.15) is 6.92 Å². The maximum atomic E-state index is 5.95. The largest absolute Gasteiger partial charge is 0.540 e. The van der Waals surface area contributed by atoms with Crippen molar-refractivity contribution >= 4 is 20.1 Å². The Kier molecular flexibility index (Phi) is 4.48. The Bertz CT molecular complexity index is 327. The topological polar surface area (TPSA) is 9.23 Å². The van der Waals surface area contributed by atoms with Gasteiger partial charge in [0.25, 0.3) is 0 Å². The molecule has 0 aliphatic rings. The SMILES string of the molecule is C/C=C(/O[Si](C)(C)C)Sc1ccccc1. The van der Waals surface area contributed by atoms with Gasteiger partial charge in [0, 0.05) is 4.90 Å². The van der Waals surface area contributed by atoms with Crippen molar-refractivity contribution in [1.29, 1.82) is 0 Å². The number of allylic oxidation sites excluding steroid dienone is 1. The molecule has 0 amide bonds. The zero-order valence-corrected chi connectivity index (χ0v) is 11.6. The summed E-state index contributed by atoms with van der Waals surface area (Å²) in [5.74, 6) is 0. The third-order valence-corrected chi connectivity index (χ3v) is 3.61. The summed E-state index contributed by atoms with van der Waals surface area (Å²) in [6.45, 7) is 8.61. The number of rotatable bonds is 4. The van der Waals surface area contributed by atoms with Crippen LogP contribution in [0.3, 0.4) is 0 Å². The molecular weight excluding hydrogens is 220 g/mol. The second-order valence-electron chi connectivity index (χ2n) is 4.24. The van der Waals surface area contributed by atoms with E-state index in [-0.39, 0.29) is 0 Å². The predicted molar refractivity (Wildman–Crippen MR) is 70.5 cm³/mol. The number of hydrogen-bond donors (Lipinski definition) is 0. The van der Waals surface area contributed by atoms with Crippen LogP contribution >= 0.6 is 11.8 Å². The summed E-state index contributed by atoms with van der Waals surface area (Å²) < 4.78 is 5.95. The standard InChI is InChI=1S/C12H18OSSi/c1-5-12(13-15(2,3)4)14-11-9-7-6-8-10-11/h5-10H,1-4H3/b12-5-. The van der Waals surface area contributed by atoms with Crippen LogP contribution in [-0.4, -0.2) is 8.32 Å². The molecule has 0 atom stereocenters. The molecule has 0 saturated heterocycles. The molecule has 0 fully saturated rings. The summed E-state index contributed by atoms with van der Waals surface area (Å²) in [5, 5.41) is 1.01. The monoisotopic (exact) mass is 238 g/mol. The van der Waals surface area contributed by atoms with Crippen molar-refractivity contribution in [2.24, 2.45) is 0 Å². The lowest BCUT2D eigenvalue weighted by Gasteiger charge is -2.21.